The molecule has 2 aromatic heterocycles. The Morgan fingerprint density at radius 1 is 1.21 bits per heavy atom. The van der Waals surface area contributed by atoms with Crippen LogP contribution in [0.3, 0.4) is 0 Å². The van der Waals surface area contributed by atoms with Crippen molar-refractivity contribution >= 4 is 29.1 Å². The van der Waals surface area contributed by atoms with Gasteiger partial charge in [-0.2, -0.15) is 0 Å². The van der Waals surface area contributed by atoms with Crippen molar-refractivity contribution in [3.63, 3.8) is 0 Å². The number of hydrogen-bond donors (Lipinski definition) is 3. The van der Waals surface area contributed by atoms with Gasteiger partial charge in [0.05, 0.1) is 30.7 Å². The fraction of sp³-hybridized carbons (Fsp3) is 0.345. The number of amides is 1. The van der Waals surface area contributed by atoms with Gasteiger partial charge in [0.25, 0.3) is 0 Å². The minimum absolute atomic E-state index is 0.109. The number of nitrogens with two attached hydrogens (primary N) is 1. The fourth-order valence-electron chi connectivity index (χ4n) is 4.72. The minimum Gasteiger partial charge on any atom is -0.378 e. The van der Waals surface area contributed by atoms with Gasteiger partial charge in [-0.05, 0) is 56.3 Å². The number of allylic oxidation sites excluding steroid dienone is 2. The summed E-state index contributed by atoms with van der Waals surface area (Å²) >= 11 is 0. The van der Waals surface area contributed by atoms with E-state index in [-0.39, 0.29) is 18.4 Å². The quantitative estimate of drug-likeness (QED) is 0.440. The molecule has 0 atom stereocenters. The molecule has 4 N–H and O–H groups in total. The molecule has 0 bridgehead atoms. The number of rotatable bonds is 7. The van der Waals surface area contributed by atoms with E-state index in [1.165, 1.54) is 0 Å². The Morgan fingerprint density at radius 2 is 1.97 bits per heavy atom. The number of benzene rings is 1. The molecule has 2 aliphatic rings. The van der Waals surface area contributed by atoms with Crippen molar-refractivity contribution in [3.05, 3.63) is 71.1 Å². The predicted octanol–water partition coefficient (Wildman–Crippen LogP) is 1.62. The van der Waals surface area contributed by atoms with Crippen LogP contribution in [0.2, 0.25) is 0 Å². The number of imidazole rings is 1. The summed E-state index contributed by atoms with van der Waals surface area (Å²) in [6.07, 6.45) is 8.00. The summed E-state index contributed by atoms with van der Waals surface area (Å²) in [6.45, 7) is 8.94. The number of aromatic amines is 1. The normalized spacial score (nSPS) is 17.6. The van der Waals surface area contributed by atoms with Gasteiger partial charge < -0.3 is 30.6 Å². The molecule has 3 aromatic rings. The topological polar surface area (TPSA) is 112 Å². The van der Waals surface area contributed by atoms with Crippen LogP contribution in [0.4, 0.5) is 11.4 Å². The largest absolute Gasteiger partial charge is 0.378 e. The first-order valence-electron chi connectivity index (χ1n) is 13.1. The lowest BCUT2D eigenvalue weighted by Crippen LogP contribution is -2.55. The van der Waals surface area contributed by atoms with Crippen LogP contribution in [-0.2, 0) is 16.0 Å². The number of hydrogen-bond acceptors (Lipinski definition) is 7. The number of carbonyl (C=O) groups excluding carboxylic acids is 1. The van der Waals surface area contributed by atoms with Gasteiger partial charge in [0, 0.05) is 61.1 Å². The number of pyridine rings is 1. The van der Waals surface area contributed by atoms with Crippen molar-refractivity contribution in [2.75, 3.05) is 49.6 Å². The molecule has 38 heavy (non-hydrogen) atoms. The van der Waals surface area contributed by atoms with E-state index in [0.717, 1.165) is 84.2 Å². The van der Waals surface area contributed by atoms with E-state index in [1.807, 2.05) is 61.5 Å². The van der Waals surface area contributed by atoms with E-state index in [4.69, 9.17) is 15.5 Å². The van der Waals surface area contributed by atoms with Crippen LogP contribution >= 0.6 is 0 Å². The van der Waals surface area contributed by atoms with Gasteiger partial charge >= 0.3 is 0 Å². The average Bonchev–Trinajstić information content (AvgIpc) is 3.35. The van der Waals surface area contributed by atoms with E-state index in [0.29, 0.717) is 0 Å². The molecule has 0 unspecified atom stereocenters. The molecule has 1 amide bonds. The van der Waals surface area contributed by atoms with Crippen LogP contribution in [0.25, 0.3) is 23.2 Å². The van der Waals surface area contributed by atoms with Crippen molar-refractivity contribution < 1.29 is 9.53 Å². The third-order valence-electron chi connectivity index (χ3n) is 6.87. The molecule has 9 heteroatoms. The number of ether oxygens (including phenoxy) is 1. The molecule has 1 aromatic carbocycles. The lowest BCUT2D eigenvalue weighted by atomic mass is 10.1. The maximum Gasteiger partial charge on any atom is 0.230 e. The van der Waals surface area contributed by atoms with Crippen molar-refractivity contribution in [2.24, 2.45) is 5.73 Å². The van der Waals surface area contributed by atoms with Gasteiger partial charge in [-0.1, -0.05) is 12.2 Å². The number of aromatic nitrogens is 3. The molecule has 198 valence electrons. The first-order chi connectivity index (χ1) is 18.5. The molecule has 2 aliphatic heterocycles. The Morgan fingerprint density at radius 3 is 2.68 bits per heavy atom. The van der Waals surface area contributed by atoms with E-state index in [2.05, 4.69) is 32.0 Å². The van der Waals surface area contributed by atoms with Crippen LogP contribution in [0.1, 0.15) is 19.5 Å². The minimum atomic E-state index is -0.109. The Bertz CT molecular complexity index is 1420. The molecular formula is C29H35N7O2. The van der Waals surface area contributed by atoms with Crippen molar-refractivity contribution in [2.45, 2.75) is 26.3 Å². The van der Waals surface area contributed by atoms with Crippen molar-refractivity contribution in [3.8, 4) is 11.4 Å². The second-order valence-corrected chi connectivity index (χ2v) is 9.70. The summed E-state index contributed by atoms with van der Waals surface area (Å²) in [5, 5.41) is 4.88. The average molecular weight is 514 g/mol. The van der Waals surface area contributed by atoms with Crippen molar-refractivity contribution in [1.29, 1.82) is 0 Å². The molecule has 0 radical (unpaired) electrons. The molecule has 0 spiro atoms. The summed E-state index contributed by atoms with van der Waals surface area (Å²) in [5.41, 5.74) is 10.5. The zero-order valence-electron chi connectivity index (χ0n) is 22.0. The number of carbonyl (C=O) groups is 1. The zero-order valence-corrected chi connectivity index (χ0v) is 22.0. The number of anilines is 2. The Labute approximate surface area is 222 Å². The highest BCUT2D eigenvalue weighted by Crippen LogP contribution is 2.21. The summed E-state index contributed by atoms with van der Waals surface area (Å²) in [6, 6.07) is 11.9. The highest BCUT2D eigenvalue weighted by atomic mass is 16.5. The third-order valence-corrected chi connectivity index (χ3v) is 6.87. The van der Waals surface area contributed by atoms with Gasteiger partial charge in [0.1, 0.15) is 11.2 Å². The number of nitrogens with one attached hydrogen (secondary N) is 2. The zero-order chi connectivity index (χ0) is 26.5. The first-order valence-corrected chi connectivity index (χ1v) is 13.1. The van der Waals surface area contributed by atoms with E-state index < -0.39 is 0 Å². The molecular weight excluding hydrogens is 478 g/mol. The third kappa shape index (κ3) is 5.95. The Hall–Kier alpha value is -3.95. The predicted molar refractivity (Wildman–Crippen MR) is 151 cm³/mol. The molecule has 9 nitrogen and oxygen atoms in total. The van der Waals surface area contributed by atoms with E-state index in [1.54, 1.807) is 6.20 Å². The van der Waals surface area contributed by atoms with Crippen LogP contribution < -0.4 is 26.6 Å². The molecule has 4 heterocycles. The lowest BCUT2D eigenvalue weighted by molar-refractivity contribution is -0.115. The summed E-state index contributed by atoms with van der Waals surface area (Å²) in [7, 11) is 0. The molecule has 2 fully saturated rings. The van der Waals surface area contributed by atoms with E-state index >= 15 is 0 Å². The standard InChI is InChI=1S/C29H35N7O2/c1-3-4-5-26-28(20(2)35-12-14-38-15-13-35)34-29(33-26)21-6-8-23(9-7-21)32-27(37)17-24-16-25(10-11-31-24)36-18-22(30)19-36/h3-11,16,22H,12-15,17-19,30H2,1-2H3,(H,32,37)(H,33,34)/b4-3-,26-5+,28-20-. The number of nitrogens with zero attached hydrogens (tertiary/aromatic N) is 4. The molecule has 2 saturated heterocycles. The summed E-state index contributed by atoms with van der Waals surface area (Å²) < 4.78 is 5.51. The van der Waals surface area contributed by atoms with Crippen molar-refractivity contribution in [1.82, 2.24) is 19.9 Å². The van der Waals surface area contributed by atoms with Gasteiger partial charge in [0.15, 0.2) is 0 Å². The second kappa shape index (κ2) is 11.6. The summed E-state index contributed by atoms with van der Waals surface area (Å²) in [5.74, 6) is 0.676. The monoisotopic (exact) mass is 513 g/mol. The van der Waals surface area contributed by atoms with E-state index in [9.17, 15) is 4.79 Å². The maximum absolute atomic E-state index is 12.7. The molecule has 0 saturated carbocycles. The maximum atomic E-state index is 12.7. The van der Waals surface area contributed by atoms with Crippen LogP contribution in [-0.4, -0.2) is 71.2 Å². The first kappa shape index (κ1) is 25.7. The van der Waals surface area contributed by atoms with Crippen LogP contribution in [0, 0.1) is 0 Å². The Balaban J connectivity index is 1.29. The lowest BCUT2D eigenvalue weighted by Gasteiger charge is -2.38. The van der Waals surface area contributed by atoms with Crippen LogP contribution in [0.15, 0.2) is 54.7 Å². The summed E-state index contributed by atoms with van der Waals surface area (Å²) in [4.78, 5) is 30.0. The van der Waals surface area contributed by atoms with Gasteiger partial charge in [0.2, 0.25) is 5.91 Å². The highest BCUT2D eigenvalue weighted by molar-refractivity contribution is 5.92. The SMILES string of the molecule is C\C=C/C=c1/[nH]c(-c2ccc(NC(=O)Cc3cc(N4CC(N)C4)ccn3)cc2)n/c1=C(/C)N1CCOCC1. The van der Waals surface area contributed by atoms with Gasteiger partial charge in [-0.15, -0.1) is 0 Å². The van der Waals surface area contributed by atoms with Crippen LogP contribution in [0.5, 0.6) is 0 Å². The van der Waals surface area contributed by atoms with Gasteiger partial charge in [-0.3, -0.25) is 9.78 Å². The second-order valence-electron chi connectivity index (χ2n) is 9.70. The van der Waals surface area contributed by atoms with Gasteiger partial charge in [-0.25, -0.2) is 4.98 Å². The smallest absolute Gasteiger partial charge is 0.230 e. The highest BCUT2D eigenvalue weighted by Gasteiger charge is 2.23. The molecule has 0 aliphatic carbocycles. The Kier molecular flexibility index (Phi) is 7.86. The number of morpholine rings is 1. The molecule has 5 rings (SSSR count). The fourth-order valence-corrected chi connectivity index (χ4v) is 4.72. The number of H-pyrrole nitrogens is 1.